The lowest BCUT2D eigenvalue weighted by atomic mass is 10.1. The fraction of sp³-hybridized carbons (Fsp3) is 0.0500. The Hall–Kier alpha value is -3.72. The van der Waals surface area contributed by atoms with Gasteiger partial charge < -0.3 is 15.2 Å². The fourth-order valence-corrected chi connectivity index (χ4v) is 3.38. The quantitative estimate of drug-likeness (QED) is 0.584. The van der Waals surface area contributed by atoms with Crippen LogP contribution < -0.4 is 5.69 Å². The normalized spacial score (nSPS) is 14.8. The second kappa shape index (κ2) is 7.27. The first-order valence-electron chi connectivity index (χ1n) is 8.53. The van der Waals surface area contributed by atoms with E-state index in [1.165, 1.54) is 12.3 Å². The Labute approximate surface area is 172 Å². The topological polar surface area (TPSA) is 108 Å². The van der Waals surface area contributed by atoms with E-state index in [0.29, 0.717) is 32.5 Å². The molecular formula is C20H12ClF2N3O4. The summed E-state index contributed by atoms with van der Waals surface area (Å²) in [6, 6.07) is 5.66. The molecule has 2 heterocycles. The Bertz CT molecular complexity index is 1310. The molecular weight excluding hydrogens is 420 g/mol. The van der Waals surface area contributed by atoms with Crippen LogP contribution in [0.25, 0.3) is 11.6 Å². The molecule has 0 aliphatic carbocycles. The molecule has 0 bridgehead atoms. The number of H-pyrrole nitrogens is 1. The molecule has 1 unspecified atom stereocenters. The summed E-state index contributed by atoms with van der Waals surface area (Å²) in [4.78, 5) is 30.8. The van der Waals surface area contributed by atoms with Crippen molar-refractivity contribution in [3.63, 3.8) is 0 Å². The van der Waals surface area contributed by atoms with Crippen LogP contribution in [-0.2, 0) is 4.79 Å². The summed E-state index contributed by atoms with van der Waals surface area (Å²) in [6.07, 6.45) is 2.92. The van der Waals surface area contributed by atoms with Crippen LogP contribution >= 0.6 is 11.6 Å². The number of halogens is 3. The van der Waals surface area contributed by atoms with Gasteiger partial charge in [-0.2, -0.15) is 0 Å². The number of aromatic nitrogens is 2. The number of aliphatic imine (C=N–C) groups is 1. The summed E-state index contributed by atoms with van der Waals surface area (Å²) in [5.74, 6) is -4.67. The van der Waals surface area contributed by atoms with Gasteiger partial charge in [-0.15, -0.1) is 0 Å². The maximum atomic E-state index is 13.6. The van der Waals surface area contributed by atoms with Gasteiger partial charge in [-0.3, -0.25) is 4.99 Å². The first-order chi connectivity index (χ1) is 14.3. The third-order valence-electron chi connectivity index (χ3n) is 4.59. The van der Waals surface area contributed by atoms with Crippen LogP contribution in [0.2, 0.25) is 5.02 Å². The first-order valence-corrected chi connectivity index (χ1v) is 8.91. The summed E-state index contributed by atoms with van der Waals surface area (Å²) in [7, 11) is 0. The number of nitrogens with zero attached hydrogens (tertiary/aromatic N) is 2. The van der Waals surface area contributed by atoms with Crippen LogP contribution in [-0.4, -0.2) is 31.9 Å². The summed E-state index contributed by atoms with van der Waals surface area (Å²) in [6.45, 7) is 0. The molecule has 10 heteroatoms. The molecule has 1 aromatic heterocycles. The van der Waals surface area contributed by atoms with E-state index in [1.807, 2.05) is 0 Å². The van der Waals surface area contributed by atoms with Crippen molar-refractivity contribution >= 4 is 41.1 Å². The minimum atomic E-state index is -1.78. The minimum absolute atomic E-state index is 0.0712. The first kappa shape index (κ1) is 19.6. The summed E-state index contributed by atoms with van der Waals surface area (Å²) < 4.78 is 27.4. The zero-order valence-electron chi connectivity index (χ0n) is 14.9. The number of carboxylic acids is 1. The molecule has 4 rings (SSSR count). The Morgan fingerprint density at radius 3 is 2.67 bits per heavy atom. The molecule has 3 N–H and O–H groups in total. The number of aromatic hydroxyl groups is 1. The molecule has 2 aromatic carbocycles. The van der Waals surface area contributed by atoms with Crippen LogP contribution in [0, 0.1) is 11.6 Å². The molecule has 0 spiro atoms. The molecule has 1 aliphatic heterocycles. The van der Waals surface area contributed by atoms with Gasteiger partial charge in [0.15, 0.2) is 17.7 Å². The van der Waals surface area contributed by atoms with Crippen LogP contribution in [0.4, 0.5) is 14.5 Å². The van der Waals surface area contributed by atoms with Crippen molar-refractivity contribution in [3.8, 4) is 5.88 Å². The Morgan fingerprint density at radius 2 is 1.97 bits per heavy atom. The van der Waals surface area contributed by atoms with Gasteiger partial charge in [-0.1, -0.05) is 23.7 Å². The van der Waals surface area contributed by atoms with Crippen molar-refractivity contribution in [1.29, 1.82) is 0 Å². The van der Waals surface area contributed by atoms with E-state index in [2.05, 4.69) is 9.98 Å². The Balaban J connectivity index is 1.81. The second-order valence-corrected chi connectivity index (χ2v) is 6.91. The number of benzene rings is 2. The smallest absolute Gasteiger partial charge is 0.331 e. The highest BCUT2D eigenvalue weighted by Gasteiger charge is 2.29. The van der Waals surface area contributed by atoms with Gasteiger partial charge in [0.2, 0.25) is 5.88 Å². The predicted octanol–water partition coefficient (Wildman–Crippen LogP) is 3.74. The molecule has 152 valence electrons. The molecule has 0 fully saturated rings. The van der Waals surface area contributed by atoms with E-state index >= 15 is 0 Å². The SMILES string of the molecule is O=C(O)C(c1ccc(F)c(F)c1)n1c(O)c(C=C2C=Nc3cc(Cl)ccc32)[nH]c1=O. The number of rotatable bonds is 4. The number of carbonyl (C=O) groups is 1. The standard InChI is InChI=1S/C20H12ClF2N3O4/c21-11-2-3-12-10(8-24-15(12)7-11)6-16-18(27)26(20(30)25-16)17(19(28)29)9-1-4-13(22)14(23)5-9/h1-8,17,27H,(H,25,30)(H,28,29). The summed E-state index contributed by atoms with van der Waals surface area (Å²) in [5.41, 5.74) is 0.605. The highest BCUT2D eigenvalue weighted by Crippen LogP contribution is 2.35. The van der Waals surface area contributed by atoms with Gasteiger partial charge in [0.1, 0.15) is 5.69 Å². The average Bonchev–Trinajstić information content (AvgIpc) is 3.20. The lowest BCUT2D eigenvalue weighted by Gasteiger charge is -2.14. The van der Waals surface area contributed by atoms with Gasteiger partial charge in [0.05, 0.1) is 5.69 Å². The maximum Gasteiger partial charge on any atom is 0.331 e. The fourth-order valence-electron chi connectivity index (χ4n) is 3.22. The van der Waals surface area contributed by atoms with Crippen molar-refractivity contribution in [2.45, 2.75) is 6.04 Å². The Morgan fingerprint density at radius 1 is 1.20 bits per heavy atom. The van der Waals surface area contributed by atoms with E-state index in [4.69, 9.17) is 11.6 Å². The van der Waals surface area contributed by atoms with Gasteiger partial charge in [0.25, 0.3) is 0 Å². The highest BCUT2D eigenvalue weighted by atomic mass is 35.5. The number of imidazole rings is 1. The van der Waals surface area contributed by atoms with E-state index in [0.717, 1.165) is 12.1 Å². The van der Waals surface area contributed by atoms with E-state index in [-0.39, 0.29) is 11.3 Å². The summed E-state index contributed by atoms with van der Waals surface area (Å²) in [5, 5.41) is 20.6. The second-order valence-electron chi connectivity index (χ2n) is 6.47. The van der Waals surface area contributed by atoms with Gasteiger partial charge >= 0.3 is 11.7 Å². The number of hydrogen-bond acceptors (Lipinski definition) is 4. The predicted molar refractivity (Wildman–Crippen MR) is 106 cm³/mol. The number of fused-ring (bicyclic) bond motifs is 1. The van der Waals surface area contributed by atoms with Gasteiger partial charge in [0, 0.05) is 22.4 Å². The zero-order valence-corrected chi connectivity index (χ0v) is 15.7. The minimum Gasteiger partial charge on any atom is -0.493 e. The average molecular weight is 432 g/mol. The summed E-state index contributed by atoms with van der Waals surface area (Å²) >= 11 is 5.93. The lowest BCUT2D eigenvalue weighted by molar-refractivity contribution is -0.139. The van der Waals surface area contributed by atoms with E-state index in [1.54, 1.807) is 18.2 Å². The zero-order chi connectivity index (χ0) is 21.6. The Kier molecular flexibility index (Phi) is 4.75. The largest absolute Gasteiger partial charge is 0.493 e. The highest BCUT2D eigenvalue weighted by molar-refractivity contribution is 6.31. The number of allylic oxidation sites excluding steroid dienone is 1. The number of nitrogens with one attached hydrogen (secondary N) is 1. The lowest BCUT2D eigenvalue weighted by Crippen LogP contribution is -2.28. The molecule has 0 saturated carbocycles. The molecule has 0 saturated heterocycles. The number of hydrogen-bond donors (Lipinski definition) is 3. The van der Waals surface area contributed by atoms with Crippen molar-refractivity contribution in [2.24, 2.45) is 4.99 Å². The van der Waals surface area contributed by atoms with E-state index < -0.39 is 35.2 Å². The van der Waals surface area contributed by atoms with Crippen molar-refractivity contribution < 1.29 is 23.8 Å². The van der Waals surface area contributed by atoms with Gasteiger partial charge in [-0.05, 0) is 35.9 Å². The third kappa shape index (κ3) is 3.29. The molecule has 3 aromatic rings. The molecule has 1 atom stereocenters. The number of carboxylic acid groups (broad SMARTS) is 1. The molecule has 30 heavy (non-hydrogen) atoms. The van der Waals surface area contributed by atoms with Gasteiger partial charge in [-0.25, -0.2) is 22.9 Å². The molecule has 0 radical (unpaired) electrons. The number of aliphatic carboxylic acids is 1. The van der Waals surface area contributed by atoms with Crippen LogP contribution in [0.15, 0.2) is 46.2 Å². The van der Waals surface area contributed by atoms with Crippen molar-refractivity contribution in [2.75, 3.05) is 0 Å². The molecule has 0 amide bonds. The van der Waals surface area contributed by atoms with Crippen molar-refractivity contribution in [1.82, 2.24) is 9.55 Å². The van der Waals surface area contributed by atoms with Crippen LogP contribution in [0.5, 0.6) is 5.88 Å². The molecule has 1 aliphatic rings. The third-order valence-corrected chi connectivity index (χ3v) is 4.83. The monoisotopic (exact) mass is 431 g/mol. The molecule has 7 nitrogen and oxygen atoms in total. The van der Waals surface area contributed by atoms with Crippen LogP contribution in [0.3, 0.4) is 0 Å². The van der Waals surface area contributed by atoms with Crippen molar-refractivity contribution in [3.05, 3.63) is 80.4 Å². The van der Waals surface area contributed by atoms with E-state index in [9.17, 15) is 28.6 Å². The number of aromatic amines is 1. The van der Waals surface area contributed by atoms with Crippen LogP contribution in [0.1, 0.15) is 22.9 Å². The maximum absolute atomic E-state index is 13.6.